The van der Waals surface area contributed by atoms with Gasteiger partial charge < -0.3 is 4.74 Å². The lowest BCUT2D eigenvalue weighted by molar-refractivity contribution is 0.0287. The van der Waals surface area contributed by atoms with E-state index in [1.807, 2.05) is 29.5 Å². The molecule has 0 N–H and O–H groups in total. The van der Waals surface area contributed by atoms with E-state index in [9.17, 15) is 4.79 Å². The van der Waals surface area contributed by atoms with E-state index in [1.54, 1.807) is 20.8 Å². The molecule has 13 heavy (non-hydrogen) atoms. The summed E-state index contributed by atoms with van der Waals surface area (Å²) < 4.78 is 26.6. The van der Waals surface area contributed by atoms with Crippen molar-refractivity contribution in [3.8, 4) is 0 Å². The first-order valence-corrected chi connectivity index (χ1v) is 5.40. The van der Waals surface area contributed by atoms with E-state index in [2.05, 4.69) is 0 Å². The van der Waals surface area contributed by atoms with E-state index in [0.717, 1.165) is 4.90 Å². The Morgan fingerprint density at radius 1 is 1.69 bits per heavy atom. The maximum Gasteiger partial charge on any atom is 0.410 e. The number of alkyl halides is 1. The van der Waals surface area contributed by atoms with E-state index >= 15 is 0 Å². The molecule has 0 bridgehead atoms. The minimum atomic E-state index is -2.47. The van der Waals surface area contributed by atoms with Crippen LogP contribution >= 0.6 is 22.6 Å². The number of carbonyl (C=O) groups is 1. The number of hydrogen-bond donors (Lipinski definition) is 0. The Bertz CT molecular complexity index is 250. The third-order valence-corrected chi connectivity index (χ3v) is 2.65. The summed E-state index contributed by atoms with van der Waals surface area (Å²) in [6.45, 7) is 4.47. The summed E-state index contributed by atoms with van der Waals surface area (Å²) in [4.78, 5) is 12.5. The molecule has 0 aliphatic heterocycles. The second-order valence-corrected chi connectivity index (χ2v) is 5.13. The molecule has 0 aromatic heterocycles. The third-order valence-electron chi connectivity index (χ3n) is 1.21. The molecule has 0 saturated heterocycles. The SMILES string of the molecule is [2H]C([2H])([2H])N(C(=O)OC(C)(C)C)C(I)CC. The molecular formula is C9H18INO2. The molecule has 1 unspecified atom stereocenters. The molecule has 0 aromatic rings. The molecule has 0 aliphatic rings. The molecule has 0 heterocycles. The monoisotopic (exact) mass is 302 g/mol. The van der Waals surface area contributed by atoms with Gasteiger partial charge in [0.15, 0.2) is 0 Å². The molecule has 4 heteroatoms. The average molecular weight is 302 g/mol. The van der Waals surface area contributed by atoms with E-state index in [-0.39, 0.29) is 0 Å². The maximum atomic E-state index is 11.7. The van der Waals surface area contributed by atoms with Gasteiger partial charge in [-0.3, -0.25) is 4.90 Å². The minimum Gasteiger partial charge on any atom is -0.444 e. The van der Waals surface area contributed by atoms with Crippen LogP contribution in [0.15, 0.2) is 0 Å². The Morgan fingerprint density at radius 3 is 2.54 bits per heavy atom. The Balaban J connectivity index is 4.86. The lowest BCUT2D eigenvalue weighted by Crippen LogP contribution is -2.37. The Labute approximate surface area is 98.2 Å². The first kappa shape index (κ1) is 8.32. The van der Waals surface area contributed by atoms with Crippen molar-refractivity contribution in [1.82, 2.24) is 4.90 Å². The quantitative estimate of drug-likeness (QED) is 0.446. The Morgan fingerprint density at radius 2 is 2.23 bits per heavy atom. The summed E-state index contributed by atoms with van der Waals surface area (Å²) in [7, 11) is 0. The Hall–Kier alpha value is 0. The third kappa shape index (κ3) is 5.33. The number of hydrogen-bond acceptors (Lipinski definition) is 2. The molecule has 3 nitrogen and oxygen atoms in total. The van der Waals surface area contributed by atoms with E-state index in [1.165, 1.54) is 0 Å². The van der Waals surface area contributed by atoms with Crippen molar-refractivity contribution in [2.75, 3.05) is 6.98 Å². The standard InChI is InChI=1S/C9H18INO2/c1-6-7(10)11(5)8(12)13-9(2,3)4/h7H,6H2,1-5H3/i5D3. The minimum absolute atomic E-state index is 0.403. The van der Waals surface area contributed by atoms with Crippen LogP contribution in [-0.2, 0) is 4.74 Å². The van der Waals surface area contributed by atoms with E-state index in [4.69, 9.17) is 8.85 Å². The second-order valence-electron chi connectivity index (χ2n) is 3.69. The van der Waals surface area contributed by atoms with Crippen LogP contribution in [0.3, 0.4) is 0 Å². The number of carbonyl (C=O) groups excluding carboxylic acids is 1. The van der Waals surface area contributed by atoms with Crippen LogP contribution in [-0.4, -0.2) is 27.6 Å². The van der Waals surface area contributed by atoms with Gasteiger partial charge in [-0.2, -0.15) is 0 Å². The van der Waals surface area contributed by atoms with Gasteiger partial charge in [-0.25, -0.2) is 4.79 Å². The van der Waals surface area contributed by atoms with Gasteiger partial charge in [-0.15, -0.1) is 0 Å². The summed E-state index contributed by atoms with van der Waals surface area (Å²) in [5.74, 6) is 0. The highest BCUT2D eigenvalue weighted by Crippen LogP contribution is 2.15. The van der Waals surface area contributed by atoms with Crippen molar-refractivity contribution in [1.29, 1.82) is 0 Å². The van der Waals surface area contributed by atoms with Gasteiger partial charge >= 0.3 is 6.09 Å². The first-order chi connectivity index (χ1) is 6.99. The topological polar surface area (TPSA) is 29.5 Å². The molecule has 0 saturated carbocycles. The number of nitrogens with zero attached hydrogens (tertiary/aromatic N) is 1. The molecule has 0 aromatic carbocycles. The van der Waals surface area contributed by atoms with Crippen molar-refractivity contribution in [3.63, 3.8) is 0 Å². The van der Waals surface area contributed by atoms with Crippen LogP contribution in [0.4, 0.5) is 4.79 Å². The predicted molar refractivity (Wildman–Crippen MR) is 62.1 cm³/mol. The van der Waals surface area contributed by atoms with Crippen molar-refractivity contribution in [3.05, 3.63) is 0 Å². The number of ether oxygens (including phenoxy) is 1. The molecule has 0 rings (SSSR count). The van der Waals surface area contributed by atoms with Crippen LogP contribution in [0.2, 0.25) is 0 Å². The Kier molecular flexibility index (Phi) is 3.22. The fourth-order valence-corrected chi connectivity index (χ4v) is 0.835. The lowest BCUT2D eigenvalue weighted by Gasteiger charge is -2.27. The zero-order valence-corrected chi connectivity index (χ0v) is 10.6. The summed E-state index contributed by atoms with van der Waals surface area (Å²) in [6.07, 6.45) is -0.244. The molecule has 1 amide bonds. The molecule has 78 valence electrons. The summed E-state index contributed by atoms with van der Waals surface area (Å²) in [5, 5.41) is 0. The molecular weight excluding hydrogens is 281 g/mol. The fourth-order valence-electron chi connectivity index (χ4n) is 0.608. The van der Waals surface area contributed by atoms with E-state index < -0.39 is 22.7 Å². The highest BCUT2D eigenvalue weighted by Gasteiger charge is 2.22. The summed E-state index contributed by atoms with van der Waals surface area (Å²) in [6, 6.07) is 0. The van der Waals surface area contributed by atoms with Gasteiger partial charge in [-0.1, -0.05) is 29.5 Å². The van der Waals surface area contributed by atoms with Gasteiger partial charge in [0.05, 0.1) is 4.05 Å². The van der Waals surface area contributed by atoms with Crippen LogP contribution in [0.25, 0.3) is 0 Å². The maximum absolute atomic E-state index is 11.7. The second kappa shape index (κ2) is 5.02. The van der Waals surface area contributed by atoms with Gasteiger partial charge in [0.25, 0.3) is 0 Å². The van der Waals surface area contributed by atoms with Crippen molar-refractivity contribution in [2.45, 2.75) is 43.8 Å². The van der Waals surface area contributed by atoms with Crippen LogP contribution in [0.1, 0.15) is 38.2 Å². The summed E-state index contributed by atoms with van der Waals surface area (Å²) in [5.41, 5.74) is -0.690. The molecule has 1 atom stereocenters. The largest absolute Gasteiger partial charge is 0.444 e. The predicted octanol–water partition coefficient (Wildman–Crippen LogP) is 3.02. The van der Waals surface area contributed by atoms with Crippen molar-refractivity contribution < 1.29 is 13.6 Å². The van der Waals surface area contributed by atoms with Crippen molar-refractivity contribution >= 4 is 28.7 Å². The van der Waals surface area contributed by atoms with E-state index in [0.29, 0.717) is 6.42 Å². The zero-order chi connectivity index (χ0) is 13.1. The average Bonchev–Trinajstić information content (AvgIpc) is 1.97. The smallest absolute Gasteiger partial charge is 0.410 e. The van der Waals surface area contributed by atoms with Gasteiger partial charge in [0.1, 0.15) is 5.60 Å². The number of halogens is 1. The van der Waals surface area contributed by atoms with Crippen LogP contribution in [0, 0.1) is 0 Å². The van der Waals surface area contributed by atoms with Crippen LogP contribution in [0.5, 0.6) is 0 Å². The lowest BCUT2D eigenvalue weighted by atomic mass is 10.2. The normalized spacial score (nSPS) is 18.1. The molecule has 0 spiro atoms. The molecule has 0 fully saturated rings. The fraction of sp³-hybridized carbons (Fsp3) is 0.889. The first-order valence-electron chi connectivity index (χ1n) is 5.65. The summed E-state index contributed by atoms with van der Waals surface area (Å²) >= 11 is 1.92. The molecule has 0 aliphatic carbocycles. The van der Waals surface area contributed by atoms with Crippen LogP contribution < -0.4 is 0 Å². The van der Waals surface area contributed by atoms with Gasteiger partial charge in [0, 0.05) is 11.1 Å². The van der Waals surface area contributed by atoms with Gasteiger partial charge in [0.2, 0.25) is 0 Å². The van der Waals surface area contributed by atoms with Gasteiger partial charge in [-0.05, 0) is 27.2 Å². The highest BCUT2D eigenvalue weighted by molar-refractivity contribution is 14.1. The highest BCUT2D eigenvalue weighted by atomic mass is 127. The van der Waals surface area contributed by atoms with Crippen molar-refractivity contribution in [2.24, 2.45) is 0 Å². The number of rotatable bonds is 2. The molecule has 0 radical (unpaired) electrons. The number of amides is 1. The zero-order valence-electron chi connectivity index (χ0n) is 11.4.